The number of rotatable bonds is 4. The van der Waals surface area contributed by atoms with Gasteiger partial charge in [-0.15, -0.1) is 0 Å². The van der Waals surface area contributed by atoms with Gasteiger partial charge >= 0.3 is 0 Å². The predicted octanol–water partition coefficient (Wildman–Crippen LogP) is 1.94. The Morgan fingerprint density at radius 2 is 2.12 bits per heavy atom. The van der Waals surface area contributed by atoms with Gasteiger partial charge in [0.15, 0.2) is 11.5 Å². The van der Waals surface area contributed by atoms with E-state index in [-0.39, 0.29) is 6.47 Å². The average molecular weight is 353 g/mol. The zero-order valence-electron chi connectivity index (χ0n) is 14.5. The molecule has 9 nitrogen and oxygen atoms in total. The fourth-order valence-corrected chi connectivity index (χ4v) is 2.76. The third kappa shape index (κ3) is 3.32. The Balaban J connectivity index is 0.000000613. The van der Waals surface area contributed by atoms with Gasteiger partial charge in [0.1, 0.15) is 17.8 Å². The summed E-state index contributed by atoms with van der Waals surface area (Å²) in [6.45, 7) is 4.52. The SMILES string of the molecule is CCc1nc(-c2nccn2Cc2cccc3ncnn23)c(C)[nH]1.O=CO. The smallest absolute Gasteiger partial charge is 0.290 e. The number of aromatic amines is 1. The Morgan fingerprint density at radius 3 is 2.85 bits per heavy atom. The van der Waals surface area contributed by atoms with E-state index in [0.29, 0.717) is 6.54 Å². The van der Waals surface area contributed by atoms with Crippen LogP contribution in [-0.4, -0.2) is 45.7 Å². The number of aromatic nitrogens is 7. The van der Waals surface area contributed by atoms with Gasteiger partial charge in [-0.1, -0.05) is 13.0 Å². The van der Waals surface area contributed by atoms with Gasteiger partial charge in [-0.05, 0) is 19.1 Å². The van der Waals surface area contributed by atoms with Gasteiger partial charge in [0.2, 0.25) is 0 Å². The molecule has 0 aliphatic carbocycles. The van der Waals surface area contributed by atoms with Crippen molar-refractivity contribution in [3.8, 4) is 11.5 Å². The lowest BCUT2D eigenvalue weighted by molar-refractivity contribution is -0.122. The van der Waals surface area contributed by atoms with Crippen LogP contribution in [-0.2, 0) is 17.8 Å². The number of aryl methyl sites for hydroxylation is 2. The number of carbonyl (C=O) groups is 1. The van der Waals surface area contributed by atoms with E-state index in [1.165, 1.54) is 0 Å². The molecule has 4 aromatic rings. The quantitative estimate of drug-likeness (QED) is 0.542. The zero-order valence-corrected chi connectivity index (χ0v) is 14.5. The van der Waals surface area contributed by atoms with Crippen molar-refractivity contribution in [1.82, 2.24) is 34.1 Å². The standard InChI is InChI=1S/C16H17N7.CH2O2/c1-3-13-20-11(2)15(21-13)16-17-7-8-22(16)9-12-5-4-6-14-18-10-19-23(12)14;2-1-3/h4-8,10H,3,9H2,1-2H3,(H,20,21);1H,(H,2,3). The van der Waals surface area contributed by atoms with E-state index >= 15 is 0 Å². The predicted molar refractivity (Wildman–Crippen MR) is 94.7 cm³/mol. The van der Waals surface area contributed by atoms with Gasteiger partial charge in [-0.3, -0.25) is 4.79 Å². The molecule has 0 amide bonds. The fraction of sp³-hybridized carbons (Fsp3) is 0.235. The van der Waals surface area contributed by atoms with Gasteiger partial charge in [0.25, 0.3) is 6.47 Å². The molecule has 0 radical (unpaired) electrons. The van der Waals surface area contributed by atoms with Gasteiger partial charge in [0, 0.05) is 24.5 Å². The van der Waals surface area contributed by atoms with Gasteiger partial charge < -0.3 is 14.7 Å². The maximum Gasteiger partial charge on any atom is 0.290 e. The van der Waals surface area contributed by atoms with Crippen LogP contribution in [0.3, 0.4) is 0 Å². The summed E-state index contributed by atoms with van der Waals surface area (Å²) < 4.78 is 3.93. The molecule has 0 unspecified atom stereocenters. The fourth-order valence-electron chi connectivity index (χ4n) is 2.76. The highest BCUT2D eigenvalue weighted by atomic mass is 16.3. The molecule has 0 aliphatic heterocycles. The Bertz CT molecular complexity index is 1020. The molecule has 0 fully saturated rings. The summed E-state index contributed by atoms with van der Waals surface area (Å²) in [6.07, 6.45) is 6.21. The number of imidazole rings is 2. The minimum absolute atomic E-state index is 0.250. The highest BCUT2D eigenvalue weighted by Crippen LogP contribution is 2.21. The van der Waals surface area contributed by atoms with E-state index in [1.54, 1.807) is 12.5 Å². The van der Waals surface area contributed by atoms with Crippen molar-refractivity contribution in [2.45, 2.75) is 26.8 Å². The van der Waals surface area contributed by atoms with Gasteiger partial charge in [0.05, 0.1) is 12.2 Å². The lowest BCUT2D eigenvalue weighted by Crippen LogP contribution is -2.07. The summed E-state index contributed by atoms with van der Waals surface area (Å²) in [5.74, 6) is 1.83. The number of carboxylic acid groups (broad SMARTS) is 1. The second kappa shape index (κ2) is 7.60. The molecular weight excluding hydrogens is 334 g/mol. The van der Waals surface area contributed by atoms with E-state index in [2.05, 4.69) is 36.5 Å². The van der Waals surface area contributed by atoms with Crippen molar-refractivity contribution < 1.29 is 9.90 Å². The monoisotopic (exact) mass is 353 g/mol. The van der Waals surface area contributed by atoms with Crippen molar-refractivity contribution in [2.24, 2.45) is 0 Å². The van der Waals surface area contributed by atoms with Crippen molar-refractivity contribution in [3.63, 3.8) is 0 Å². The minimum atomic E-state index is -0.250. The Hall–Kier alpha value is -3.49. The zero-order chi connectivity index (χ0) is 18.5. The molecule has 0 aliphatic rings. The summed E-state index contributed by atoms with van der Waals surface area (Å²) in [5.41, 5.74) is 3.82. The van der Waals surface area contributed by atoms with Crippen molar-refractivity contribution in [2.75, 3.05) is 0 Å². The minimum Gasteiger partial charge on any atom is -0.483 e. The summed E-state index contributed by atoms with van der Waals surface area (Å²) in [4.78, 5) is 25.0. The van der Waals surface area contributed by atoms with Gasteiger partial charge in [-0.25, -0.2) is 19.5 Å². The van der Waals surface area contributed by atoms with E-state index in [0.717, 1.165) is 40.8 Å². The molecule has 134 valence electrons. The lowest BCUT2D eigenvalue weighted by Gasteiger charge is -2.08. The molecule has 4 aromatic heterocycles. The first-order valence-corrected chi connectivity index (χ1v) is 8.10. The summed E-state index contributed by atoms with van der Waals surface area (Å²) in [5, 5.41) is 11.2. The van der Waals surface area contributed by atoms with Crippen LogP contribution in [0.15, 0.2) is 36.9 Å². The highest BCUT2D eigenvalue weighted by molar-refractivity contribution is 5.54. The molecule has 26 heavy (non-hydrogen) atoms. The maximum absolute atomic E-state index is 8.36. The molecular formula is C17H19N7O2. The van der Waals surface area contributed by atoms with Crippen LogP contribution in [0, 0.1) is 6.92 Å². The number of hydrogen-bond donors (Lipinski definition) is 2. The molecule has 0 aromatic carbocycles. The second-order valence-corrected chi connectivity index (χ2v) is 5.54. The van der Waals surface area contributed by atoms with Crippen LogP contribution in [0.2, 0.25) is 0 Å². The van der Waals surface area contributed by atoms with Gasteiger partial charge in [-0.2, -0.15) is 5.10 Å². The number of pyridine rings is 1. The third-order valence-electron chi connectivity index (χ3n) is 3.91. The summed E-state index contributed by atoms with van der Waals surface area (Å²) >= 11 is 0. The molecule has 2 N–H and O–H groups in total. The van der Waals surface area contributed by atoms with E-state index in [4.69, 9.17) is 9.90 Å². The number of hydrogen-bond acceptors (Lipinski definition) is 5. The lowest BCUT2D eigenvalue weighted by atomic mass is 10.3. The van der Waals surface area contributed by atoms with Crippen LogP contribution in [0.4, 0.5) is 0 Å². The number of fused-ring (bicyclic) bond motifs is 1. The van der Waals surface area contributed by atoms with Crippen LogP contribution >= 0.6 is 0 Å². The largest absolute Gasteiger partial charge is 0.483 e. The van der Waals surface area contributed by atoms with E-state index in [1.807, 2.05) is 35.8 Å². The first-order chi connectivity index (χ1) is 12.7. The number of nitrogens with one attached hydrogen (secondary N) is 1. The molecule has 9 heteroatoms. The van der Waals surface area contributed by atoms with Crippen LogP contribution < -0.4 is 0 Å². The first-order valence-electron chi connectivity index (χ1n) is 8.10. The van der Waals surface area contributed by atoms with Crippen LogP contribution in [0.5, 0.6) is 0 Å². The van der Waals surface area contributed by atoms with Crippen molar-refractivity contribution >= 4 is 12.1 Å². The normalized spacial score (nSPS) is 10.5. The molecule has 0 saturated carbocycles. The molecule has 0 spiro atoms. The molecule has 0 atom stereocenters. The number of H-pyrrole nitrogens is 1. The highest BCUT2D eigenvalue weighted by Gasteiger charge is 2.14. The molecule has 4 heterocycles. The summed E-state index contributed by atoms with van der Waals surface area (Å²) in [6, 6.07) is 5.97. The van der Waals surface area contributed by atoms with Crippen LogP contribution in [0.1, 0.15) is 24.1 Å². The van der Waals surface area contributed by atoms with Crippen molar-refractivity contribution in [1.29, 1.82) is 0 Å². The Morgan fingerprint density at radius 1 is 1.31 bits per heavy atom. The van der Waals surface area contributed by atoms with E-state index < -0.39 is 0 Å². The first kappa shape index (κ1) is 17.3. The second-order valence-electron chi connectivity index (χ2n) is 5.54. The molecule has 4 rings (SSSR count). The average Bonchev–Trinajstić information content (AvgIpc) is 3.35. The third-order valence-corrected chi connectivity index (χ3v) is 3.91. The number of nitrogens with zero attached hydrogens (tertiary/aromatic N) is 6. The van der Waals surface area contributed by atoms with Crippen LogP contribution in [0.25, 0.3) is 17.2 Å². The molecule has 0 saturated heterocycles. The van der Waals surface area contributed by atoms with E-state index in [9.17, 15) is 0 Å². The molecule has 0 bridgehead atoms. The summed E-state index contributed by atoms with van der Waals surface area (Å²) in [7, 11) is 0. The topological polar surface area (TPSA) is 114 Å². The Kier molecular flexibility index (Phi) is 5.07. The maximum atomic E-state index is 8.36. The van der Waals surface area contributed by atoms with Crippen molar-refractivity contribution in [3.05, 3.63) is 54.1 Å². The Labute approximate surface area is 149 Å².